The average molecular weight is 654 g/mol. The second-order valence-electron chi connectivity index (χ2n) is 7.46. The lowest BCUT2D eigenvalue weighted by Crippen LogP contribution is -2.53. The molecular formula is C22H22BrCl4N7O3. The largest absolute Gasteiger partial charge is 0.485 e. The van der Waals surface area contributed by atoms with E-state index in [0.717, 1.165) is 10.3 Å². The van der Waals surface area contributed by atoms with Crippen LogP contribution in [0.5, 0.6) is 5.75 Å². The lowest BCUT2D eigenvalue weighted by atomic mass is 10.1. The van der Waals surface area contributed by atoms with E-state index in [9.17, 15) is 9.59 Å². The number of amides is 3. The van der Waals surface area contributed by atoms with Crippen LogP contribution >= 0.6 is 63.9 Å². The lowest BCUT2D eigenvalue weighted by molar-refractivity contribution is -0.119. The Hall–Kier alpha value is -2.70. The predicted octanol–water partition coefficient (Wildman–Crippen LogP) is 5.47. The number of para-hydroxylation sites is 1. The van der Waals surface area contributed by atoms with Crippen LogP contribution in [0.1, 0.15) is 11.3 Å². The van der Waals surface area contributed by atoms with Gasteiger partial charge in [0.05, 0.1) is 17.6 Å². The molecule has 0 aliphatic rings. The summed E-state index contributed by atoms with van der Waals surface area (Å²) in [5.74, 6) is 0.124. The molecule has 0 saturated carbocycles. The number of hydrogen-bond acceptors (Lipinski definition) is 5. The first-order valence-corrected chi connectivity index (χ1v) is 11.8. The second kappa shape index (κ2) is 12.7. The van der Waals surface area contributed by atoms with Crippen molar-refractivity contribution in [3.63, 3.8) is 0 Å². The molecular weight excluding hydrogens is 632 g/mol. The quantitative estimate of drug-likeness (QED) is 0.181. The first-order chi connectivity index (χ1) is 16.7. The van der Waals surface area contributed by atoms with Crippen LogP contribution in [0.3, 0.4) is 0 Å². The van der Waals surface area contributed by atoms with E-state index in [1.54, 1.807) is 12.1 Å². The number of aromatic nitrogens is 4. The van der Waals surface area contributed by atoms with Gasteiger partial charge >= 0.3 is 6.03 Å². The molecule has 0 radical (unpaired) electrons. The molecule has 0 atom stereocenters. The van der Waals surface area contributed by atoms with Gasteiger partial charge in [0.15, 0.2) is 11.4 Å². The van der Waals surface area contributed by atoms with Gasteiger partial charge in [-0.3, -0.25) is 24.9 Å². The number of urea groups is 1. The fraction of sp³-hybridized carbons (Fsp3) is 0.182. The Kier molecular flexibility index (Phi) is 10.5. The number of H-pyrrole nitrogens is 1. The molecule has 3 amide bonds. The first kappa shape index (κ1) is 30.5. The van der Waals surface area contributed by atoms with Gasteiger partial charge in [0.25, 0.3) is 10.4 Å². The van der Waals surface area contributed by atoms with E-state index in [2.05, 4.69) is 41.7 Å². The Morgan fingerprint density at radius 2 is 1.92 bits per heavy atom. The van der Waals surface area contributed by atoms with Crippen molar-refractivity contribution >= 4 is 93.0 Å². The molecule has 10 nitrogen and oxygen atoms in total. The zero-order valence-corrected chi connectivity index (χ0v) is 24.1. The van der Waals surface area contributed by atoms with Crippen LogP contribution in [0.2, 0.25) is 0 Å². The molecule has 15 heteroatoms. The molecule has 0 fully saturated rings. The summed E-state index contributed by atoms with van der Waals surface area (Å²) in [6.07, 6.45) is 3.33. The van der Waals surface area contributed by atoms with Crippen LogP contribution in [0.25, 0.3) is 5.65 Å². The van der Waals surface area contributed by atoms with Gasteiger partial charge in [0.1, 0.15) is 17.0 Å². The zero-order chi connectivity index (χ0) is 25.2. The fourth-order valence-electron chi connectivity index (χ4n) is 3.35. The standard InChI is InChI=1S/C22H20BrCl2N7O3.2ClH/c1-13-18(23)32-11-5-8-16(19(32)27-13)35-12-14-6-3-4-7-15(14)31(2)20(33)22(24,25)29-21(34)28-17-9-10-26-30-17;;/h3-11H,12H2,1-2H3,(H3,26,28,29,30,34);2*1H. The number of likely N-dealkylation sites (N-methyl/N-ethyl adjacent to an activating group) is 1. The Morgan fingerprint density at radius 1 is 1.19 bits per heavy atom. The van der Waals surface area contributed by atoms with Crippen LogP contribution in [-0.2, 0) is 11.4 Å². The third kappa shape index (κ3) is 6.79. The number of nitrogens with one attached hydrogen (secondary N) is 3. The normalized spacial score (nSPS) is 10.7. The number of aromatic amines is 1. The second-order valence-corrected chi connectivity index (χ2v) is 9.54. The molecule has 4 aromatic rings. The number of nitrogens with zero attached hydrogens (tertiary/aromatic N) is 4. The number of anilines is 2. The molecule has 0 saturated heterocycles. The molecule has 3 heterocycles. The third-order valence-corrected chi connectivity index (χ3v) is 6.51. The number of imidazole rings is 1. The predicted molar refractivity (Wildman–Crippen MR) is 151 cm³/mol. The van der Waals surface area contributed by atoms with Crippen molar-refractivity contribution in [3.8, 4) is 5.75 Å². The summed E-state index contributed by atoms with van der Waals surface area (Å²) in [5.41, 5.74) is 2.69. The number of carbonyl (C=O) groups is 2. The SMILES string of the molecule is Cc1nc2c(OCc3ccccc3N(C)C(=O)C(Cl)(Cl)NC(=O)Nc3ccn[nH]3)cccn2c1Br.Cl.Cl. The van der Waals surface area contributed by atoms with Crippen LogP contribution in [0, 0.1) is 6.92 Å². The minimum absolute atomic E-state index is 0. The third-order valence-electron chi connectivity index (χ3n) is 5.04. The number of fused-ring (bicyclic) bond motifs is 1. The average Bonchev–Trinajstić information content (AvgIpc) is 3.44. The monoisotopic (exact) mass is 651 g/mol. The summed E-state index contributed by atoms with van der Waals surface area (Å²) in [6, 6.07) is 11.5. The van der Waals surface area contributed by atoms with E-state index in [1.165, 1.54) is 24.2 Å². The number of rotatable bonds is 7. The van der Waals surface area contributed by atoms with Crippen LogP contribution in [-0.4, -0.2) is 43.0 Å². The van der Waals surface area contributed by atoms with E-state index in [0.29, 0.717) is 28.5 Å². The van der Waals surface area contributed by atoms with Crippen LogP contribution < -0.4 is 20.3 Å². The summed E-state index contributed by atoms with van der Waals surface area (Å²) >= 11 is 15.9. The van der Waals surface area contributed by atoms with Gasteiger partial charge in [0, 0.05) is 24.9 Å². The molecule has 3 N–H and O–H groups in total. The molecule has 0 unspecified atom stereocenters. The highest BCUT2D eigenvalue weighted by molar-refractivity contribution is 9.10. The topological polar surface area (TPSA) is 117 Å². The highest BCUT2D eigenvalue weighted by atomic mass is 79.9. The molecule has 0 aliphatic heterocycles. The van der Waals surface area contributed by atoms with Gasteiger partial charge in [-0.2, -0.15) is 5.10 Å². The van der Waals surface area contributed by atoms with Gasteiger partial charge in [-0.15, -0.1) is 24.8 Å². The Labute approximate surface area is 243 Å². The highest BCUT2D eigenvalue weighted by Gasteiger charge is 2.39. The number of hydrogen-bond donors (Lipinski definition) is 3. The van der Waals surface area contributed by atoms with Crippen molar-refractivity contribution in [2.75, 3.05) is 17.3 Å². The van der Waals surface area contributed by atoms with Crippen LogP contribution in [0.4, 0.5) is 16.3 Å². The van der Waals surface area contributed by atoms with E-state index in [4.69, 9.17) is 27.9 Å². The highest BCUT2D eigenvalue weighted by Crippen LogP contribution is 2.29. The molecule has 198 valence electrons. The van der Waals surface area contributed by atoms with Gasteiger partial charge in [0.2, 0.25) is 0 Å². The van der Waals surface area contributed by atoms with E-state index in [1.807, 2.05) is 41.8 Å². The summed E-state index contributed by atoms with van der Waals surface area (Å²) in [6.45, 7) is 2.03. The zero-order valence-electron chi connectivity index (χ0n) is 19.4. The van der Waals surface area contributed by atoms with Gasteiger partial charge in [-0.1, -0.05) is 41.4 Å². The molecule has 37 heavy (non-hydrogen) atoms. The Balaban J connectivity index is 0.00000241. The van der Waals surface area contributed by atoms with Crippen molar-refractivity contribution < 1.29 is 14.3 Å². The number of pyridine rings is 1. The van der Waals surface area contributed by atoms with Gasteiger partial charge < -0.3 is 9.64 Å². The molecule has 3 aromatic heterocycles. The van der Waals surface area contributed by atoms with Crippen LogP contribution in [0.15, 0.2) is 59.5 Å². The van der Waals surface area contributed by atoms with E-state index in [-0.39, 0.29) is 31.4 Å². The number of alkyl halides is 2. The maximum atomic E-state index is 13.1. The number of benzene rings is 1. The molecule has 0 aliphatic carbocycles. The van der Waals surface area contributed by atoms with Crippen molar-refractivity contribution in [2.45, 2.75) is 18.0 Å². The van der Waals surface area contributed by atoms with E-state index >= 15 is 0 Å². The van der Waals surface area contributed by atoms with Crippen molar-refractivity contribution in [3.05, 3.63) is 70.7 Å². The smallest absolute Gasteiger partial charge is 0.323 e. The maximum absolute atomic E-state index is 13.1. The van der Waals surface area contributed by atoms with E-state index < -0.39 is 16.4 Å². The van der Waals surface area contributed by atoms with Crippen molar-refractivity contribution in [1.82, 2.24) is 24.9 Å². The summed E-state index contributed by atoms with van der Waals surface area (Å²) in [4.78, 5) is 31.1. The minimum atomic E-state index is -2.24. The molecule has 0 spiro atoms. The van der Waals surface area contributed by atoms with Crippen molar-refractivity contribution in [1.29, 1.82) is 0 Å². The van der Waals surface area contributed by atoms with Crippen molar-refractivity contribution in [2.24, 2.45) is 0 Å². The maximum Gasteiger partial charge on any atom is 0.323 e. The van der Waals surface area contributed by atoms with Gasteiger partial charge in [-0.05, 0) is 41.1 Å². The number of ether oxygens (including phenoxy) is 1. The summed E-state index contributed by atoms with van der Waals surface area (Å²) < 4.78 is 6.54. The summed E-state index contributed by atoms with van der Waals surface area (Å²) in [5, 5.41) is 11.0. The fourth-order valence-corrected chi connectivity index (χ4v) is 4.15. The first-order valence-electron chi connectivity index (χ1n) is 10.3. The summed E-state index contributed by atoms with van der Waals surface area (Å²) in [7, 11) is 1.50. The number of carbonyl (C=O) groups excluding carboxylic acids is 2. The van der Waals surface area contributed by atoms with Gasteiger partial charge in [-0.25, -0.2) is 9.78 Å². The number of halogens is 5. The molecule has 0 bridgehead atoms. The minimum Gasteiger partial charge on any atom is -0.485 e. The Morgan fingerprint density at radius 3 is 2.62 bits per heavy atom. The Bertz CT molecular complexity index is 1380. The number of aryl methyl sites for hydroxylation is 1. The molecule has 4 rings (SSSR count). The molecule has 1 aromatic carbocycles. The lowest BCUT2D eigenvalue weighted by Gasteiger charge is -2.27.